The van der Waals surface area contributed by atoms with Gasteiger partial charge in [0.1, 0.15) is 6.79 Å². The molecule has 0 saturated heterocycles. The third kappa shape index (κ3) is 7.58. The Balaban J connectivity index is 2.72. The van der Waals surface area contributed by atoms with Crippen LogP contribution in [0.4, 0.5) is 0 Å². The summed E-state index contributed by atoms with van der Waals surface area (Å²) >= 11 is 1.61. The zero-order valence-corrected chi connectivity index (χ0v) is 12.8. The van der Waals surface area contributed by atoms with E-state index in [1.807, 2.05) is 36.4 Å². The molecular weight excluding hydrogens is 286 g/mol. The van der Waals surface area contributed by atoms with Crippen LogP contribution in [-0.4, -0.2) is 26.6 Å². The topological polar surface area (TPSA) is 67.2 Å². The van der Waals surface area contributed by atoms with E-state index in [0.717, 1.165) is 9.80 Å². The second-order valence-corrected chi connectivity index (χ2v) is 5.19. The highest BCUT2D eigenvalue weighted by Crippen LogP contribution is 2.27. The number of azide groups is 1. The predicted molar refractivity (Wildman–Crippen MR) is 86.0 cm³/mol. The molecule has 112 valence electrons. The fourth-order valence-corrected chi connectivity index (χ4v) is 2.42. The van der Waals surface area contributed by atoms with Gasteiger partial charge in [-0.25, -0.2) is 0 Å². The summed E-state index contributed by atoms with van der Waals surface area (Å²) < 4.78 is 10.5. The summed E-state index contributed by atoms with van der Waals surface area (Å²) in [5.74, 6) is 0. The van der Waals surface area contributed by atoms with Crippen molar-refractivity contribution in [2.45, 2.75) is 17.4 Å². The first kappa shape index (κ1) is 17.3. The van der Waals surface area contributed by atoms with Gasteiger partial charge in [-0.15, -0.1) is 0 Å². The highest BCUT2D eigenvalue weighted by atomic mass is 32.2. The Morgan fingerprint density at radius 3 is 2.86 bits per heavy atom. The van der Waals surface area contributed by atoms with Crippen molar-refractivity contribution in [3.63, 3.8) is 0 Å². The highest BCUT2D eigenvalue weighted by Gasteiger charge is 2.07. The van der Waals surface area contributed by atoms with E-state index in [2.05, 4.69) is 16.6 Å². The Hall–Kier alpha value is -1.72. The molecule has 0 spiro atoms. The van der Waals surface area contributed by atoms with Crippen LogP contribution in [0.3, 0.4) is 0 Å². The Morgan fingerprint density at radius 2 is 2.24 bits per heavy atom. The smallest absolute Gasteiger partial charge is 0.147 e. The summed E-state index contributed by atoms with van der Waals surface area (Å²) in [5.41, 5.74) is 8.34. The van der Waals surface area contributed by atoms with Gasteiger partial charge in [0.25, 0.3) is 0 Å². The Bertz CT molecular complexity index is 499. The fraction of sp³-hybridized carbons (Fsp3) is 0.333. The van der Waals surface area contributed by atoms with Crippen molar-refractivity contribution in [3.05, 3.63) is 64.4 Å². The highest BCUT2D eigenvalue weighted by molar-refractivity contribution is 8.03. The van der Waals surface area contributed by atoms with Gasteiger partial charge >= 0.3 is 0 Å². The van der Waals surface area contributed by atoms with Gasteiger partial charge in [-0.05, 0) is 30.2 Å². The molecule has 0 fully saturated rings. The lowest BCUT2D eigenvalue weighted by atomic mass is 10.2. The molecule has 0 aromatic heterocycles. The largest absolute Gasteiger partial charge is 0.359 e. The van der Waals surface area contributed by atoms with Crippen LogP contribution in [-0.2, 0) is 9.47 Å². The molecule has 6 heteroatoms. The van der Waals surface area contributed by atoms with Gasteiger partial charge in [0.15, 0.2) is 0 Å². The van der Waals surface area contributed by atoms with Gasteiger partial charge in [0, 0.05) is 28.4 Å². The van der Waals surface area contributed by atoms with Crippen LogP contribution >= 0.6 is 11.8 Å². The molecule has 0 aliphatic rings. The molecular formula is C15H19N3O2S. The van der Waals surface area contributed by atoms with E-state index in [4.69, 9.17) is 15.0 Å². The monoisotopic (exact) mass is 305 g/mol. The van der Waals surface area contributed by atoms with Gasteiger partial charge in [0.05, 0.1) is 6.10 Å². The number of rotatable bonds is 10. The maximum absolute atomic E-state index is 8.34. The molecule has 0 N–H and O–H groups in total. The third-order valence-corrected chi connectivity index (χ3v) is 3.55. The number of hydrogen-bond acceptors (Lipinski definition) is 4. The first-order valence-corrected chi connectivity index (χ1v) is 7.30. The van der Waals surface area contributed by atoms with Crippen molar-refractivity contribution in [3.8, 4) is 0 Å². The number of allylic oxidation sites excluding steroid dienone is 1. The molecule has 0 unspecified atom stereocenters. The third-order valence-electron chi connectivity index (χ3n) is 2.51. The Kier molecular flexibility index (Phi) is 9.08. The lowest BCUT2D eigenvalue weighted by Crippen LogP contribution is -2.13. The molecule has 21 heavy (non-hydrogen) atoms. The van der Waals surface area contributed by atoms with Crippen LogP contribution in [0.25, 0.3) is 10.4 Å². The molecule has 1 rings (SSSR count). The van der Waals surface area contributed by atoms with Crippen LogP contribution in [0, 0.1) is 0 Å². The number of thioether (sulfide) groups is 1. The first-order chi connectivity index (χ1) is 10.3. The minimum absolute atomic E-state index is 0.181. The zero-order valence-electron chi connectivity index (χ0n) is 12.0. The average Bonchev–Trinajstić information content (AvgIpc) is 2.52. The van der Waals surface area contributed by atoms with Crippen LogP contribution in [0.5, 0.6) is 0 Å². The van der Waals surface area contributed by atoms with Crippen molar-refractivity contribution >= 4 is 11.8 Å². The molecule has 0 radical (unpaired) electrons. The zero-order chi connectivity index (χ0) is 15.3. The average molecular weight is 305 g/mol. The molecule has 0 heterocycles. The second kappa shape index (κ2) is 11.0. The molecule has 1 aromatic carbocycles. The Morgan fingerprint density at radius 1 is 1.48 bits per heavy atom. The number of methoxy groups -OCH3 is 1. The van der Waals surface area contributed by atoms with Crippen molar-refractivity contribution in [1.29, 1.82) is 0 Å². The maximum Gasteiger partial charge on any atom is 0.147 e. The number of hydrogen-bond donors (Lipinski definition) is 0. The molecule has 1 atom stereocenters. The van der Waals surface area contributed by atoms with Gasteiger partial charge in [-0.2, -0.15) is 0 Å². The SMILES string of the molecule is C=C/C(=C/[C@H](CCN=[N+]=[N-])OCOC)Sc1ccccc1. The minimum Gasteiger partial charge on any atom is -0.359 e. The Labute approximate surface area is 129 Å². The summed E-state index contributed by atoms with van der Waals surface area (Å²) in [6.45, 7) is 4.40. The van der Waals surface area contributed by atoms with Crippen molar-refractivity contribution in [1.82, 2.24) is 0 Å². The van der Waals surface area contributed by atoms with Gasteiger partial charge < -0.3 is 9.47 Å². The van der Waals surface area contributed by atoms with Crippen LogP contribution in [0.15, 0.2) is 64.0 Å². The van der Waals surface area contributed by atoms with E-state index in [-0.39, 0.29) is 12.9 Å². The van der Waals surface area contributed by atoms with E-state index >= 15 is 0 Å². The van der Waals surface area contributed by atoms with Crippen molar-refractivity contribution in [2.24, 2.45) is 5.11 Å². The molecule has 1 aromatic rings. The predicted octanol–water partition coefficient (Wildman–Crippen LogP) is 4.54. The van der Waals surface area contributed by atoms with Crippen molar-refractivity contribution in [2.75, 3.05) is 20.4 Å². The standard InChI is InChI=1S/C15H19N3O2S/c1-3-14(21-15-7-5-4-6-8-15)11-13(20-12-19-2)9-10-17-18-16/h3-8,11,13H,1,9-10,12H2,2H3/b14-11-/t13-/m0/s1. The normalized spacial score (nSPS) is 12.5. The lowest BCUT2D eigenvalue weighted by molar-refractivity contribution is -0.0567. The number of nitrogens with zero attached hydrogens (tertiary/aromatic N) is 3. The van der Waals surface area contributed by atoms with Gasteiger partial charge in [0.2, 0.25) is 0 Å². The molecule has 0 aliphatic heterocycles. The molecule has 0 aliphatic carbocycles. The maximum atomic E-state index is 8.34. The number of ether oxygens (including phenoxy) is 2. The lowest BCUT2D eigenvalue weighted by Gasteiger charge is -2.14. The van der Waals surface area contributed by atoms with E-state index in [9.17, 15) is 0 Å². The van der Waals surface area contributed by atoms with E-state index in [1.54, 1.807) is 24.9 Å². The van der Waals surface area contributed by atoms with Crippen molar-refractivity contribution < 1.29 is 9.47 Å². The summed E-state index contributed by atoms with van der Waals surface area (Å²) in [4.78, 5) is 4.87. The minimum atomic E-state index is -0.181. The molecule has 0 saturated carbocycles. The van der Waals surface area contributed by atoms with E-state index in [0.29, 0.717) is 13.0 Å². The molecule has 0 bridgehead atoms. The molecule has 0 amide bonds. The quantitative estimate of drug-likeness (QED) is 0.159. The van der Waals surface area contributed by atoms with E-state index < -0.39 is 0 Å². The second-order valence-electron chi connectivity index (χ2n) is 4.04. The van der Waals surface area contributed by atoms with Crippen LogP contribution in [0.2, 0.25) is 0 Å². The van der Waals surface area contributed by atoms with Gasteiger partial charge in [-0.1, -0.05) is 47.7 Å². The summed E-state index contributed by atoms with van der Waals surface area (Å²) in [7, 11) is 1.57. The first-order valence-electron chi connectivity index (χ1n) is 6.48. The van der Waals surface area contributed by atoms with Gasteiger partial charge in [-0.3, -0.25) is 0 Å². The summed E-state index contributed by atoms with van der Waals surface area (Å²) in [5, 5.41) is 3.53. The summed E-state index contributed by atoms with van der Waals surface area (Å²) in [6, 6.07) is 10.0. The van der Waals surface area contributed by atoms with E-state index in [1.165, 1.54) is 0 Å². The fourth-order valence-electron chi connectivity index (χ4n) is 1.55. The summed E-state index contributed by atoms with van der Waals surface area (Å²) in [6.07, 6.45) is 4.17. The molecule has 5 nitrogen and oxygen atoms in total. The van der Waals surface area contributed by atoms with Crippen LogP contribution < -0.4 is 0 Å². The van der Waals surface area contributed by atoms with Crippen LogP contribution in [0.1, 0.15) is 6.42 Å². The number of benzene rings is 1.